The van der Waals surface area contributed by atoms with Crippen molar-refractivity contribution in [1.82, 2.24) is 0 Å². The lowest BCUT2D eigenvalue weighted by atomic mass is 9.84. The molecule has 0 amide bonds. The predicted molar refractivity (Wildman–Crippen MR) is 58.0 cm³/mol. The molecule has 82 valence electrons. The first-order valence-corrected chi connectivity index (χ1v) is 6.10. The van der Waals surface area contributed by atoms with Crippen LogP contribution in [0, 0.1) is 17.8 Å². The molecular formula is C12H23NO. The van der Waals surface area contributed by atoms with E-state index in [2.05, 4.69) is 6.92 Å². The minimum absolute atomic E-state index is 0.403. The van der Waals surface area contributed by atoms with Gasteiger partial charge >= 0.3 is 0 Å². The molecule has 0 aromatic rings. The van der Waals surface area contributed by atoms with Crippen molar-refractivity contribution in [2.75, 3.05) is 13.2 Å². The number of rotatable bonds is 2. The largest absolute Gasteiger partial charge is 0.381 e. The molecule has 2 rings (SSSR count). The maximum Gasteiger partial charge on any atom is 0.0509 e. The van der Waals surface area contributed by atoms with Gasteiger partial charge in [0.1, 0.15) is 0 Å². The Labute approximate surface area is 87.2 Å². The van der Waals surface area contributed by atoms with Gasteiger partial charge in [0.05, 0.1) is 6.61 Å². The van der Waals surface area contributed by atoms with E-state index in [4.69, 9.17) is 10.5 Å². The Morgan fingerprint density at radius 1 is 1.21 bits per heavy atom. The molecule has 1 saturated heterocycles. The van der Waals surface area contributed by atoms with Crippen LogP contribution < -0.4 is 5.73 Å². The fraction of sp³-hybridized carbons (Fsp3) is 1.00. The van der Waals surface area contributed by atoms with Gasteiger partial charge in [0, 0.05) is 12.6 Å². The molecule has 0 spiro atoms. The van der Waals surface area contributed by atoms with Gasteiger partial charge in [-0.25, -0.2) is 0 Å². The Balaban J connectivity index is 1.84. The van der Waals surface area contributed by atoms with Gasteiger partial charge in [-0.15, -0.1) is 0 Å². The fourth-order valence-corrected chi connectivity index (χ4v) is 3.05. The number of nitrogens with two attached hydrogens (primary N) is 1. The van der Waals surface area contributed by atoms with Crippen molar-refractivity contribution < 1.29 is 4.74 Å². The fourth-order valence-electron chi connectivity index (χ4n) is 3.05. The normalized spacial score (nSPS) is 41.1. The third-order valence-corrected chi connectivity index (χ3v) is 4.02. The molecule has 1 heterocycles. The van der Waals surface area contributed by atoms with Crippen molar-refractivity contribution in [1.29, 1.82) is 0 Å². The SMILES string of the molecule is CC1CCC(C(N)C2CCCOC2)C1. The highest BCUT2D eigenvalue weighted by Crippen LogP contribution is 2.35. The van der Waals surface area contributed by atoms with Crippen molar-refractivity contribution in [2.45, 2.75) is 45.1 Å². The van der Waals surface area contributed by atoms with E-state index in [0.717, 1.165) is 25.0 Å². The van der Waals surface area contributed by atoms with Crippen LogP contribution in [0.2, 0.25) is 0 Å². The number of hydrogen-bond acceptors (Lipinski definition) is 2. The quantitative estimate of drug-likeness (QED) is 0.736. The molecule has 2 N–H and O–H groups in total. The summed E-state index contributed by atoms with van der Waals surface area (Å²) in [4.78, 5) is 0. The van der Waals surface area contributed by atoms with Crippen LogP contribution in [-0.4, -0.2) is 19.3 Å². The third kappa shape index (κ3) is 2.29. The summed E-state index contributed by atoms with van der Waals surface area (Å²) >= 11 is 0. The van der Waals surface area contributed by atoms with Gasteiger partial charge in [0.15, 0.2) is 0 Å². The minimum atomic E-state index is 0.403. The highest BCUT2D eigenvalue weighted by atomic mass is 16.5. The second kappa shape index (κ2) is 4.63. The molecule has 2 aliphatic rings. The summed E-state index contributed by atoms with van der Waals surface area (Å²) in [6, 6.07) is 0.403. The molecule has 4 atom stereocenters. The standard InChI is InChI=1S/C12H23NO/c1-9-4-5-10(7-9)12(13)11-3-2-6-14-8-11/h9-12H,2-8,13H2,1H3. The monoisotopic (exact) mass is 197 g/mol. The summed E-state index contributed by atoms with van der Waals surface area (Å²) < 4.78 is 5.51. The van der Waals surface area contributed by atoms with E-state index in [9.17, 15) is 0 Å². The Morgan fingerprint density at radius 2 is 2.07 bits per heavy atom. The second-order valence-corrected chi connectivity index (χ2v) is 5.23. The molecule has 1 aliphatic carbocycles. The van der Waals surface area contributed by atoms with Crippen molar-refractivity contribution >= 4 is 0 Å². The summed E-state index contributed by atoms with van der Waals surface area (Å²) in [6.07, 6.45) is 6.56. The van der Waals surface area contributed by atoms with Crippen molar-refractivity contribution in [3.63, 3.8) is 0 Å². The third-order valence-electron chi connectivity index (χ3n) is 4.02. The van der Waals surface area contributed by atoms with Crippen LogP contribution in [0.5, 0.6) is 0 Å². The summed E-state index contributed by atoms with van der Waals surface area (Å²) in [5.74, 6) is 2.31. The Hall–Kier alpha value is -0.0800. The lowest BCUT2D eigenvalue weighted by Crippen LogP contribution is -2.40. The molecule has 0 aromatic heterocycles. The lowest BCUT2D eigenvalue weighted by Gasteiger charge is -2.31. The van der Waals surface area contributed by atoms with E-state index in [1.807, 2.05) is 0 Å². The predicted octanol–water partition coefficient (Wildman–Crippen LogP) is 2.18. The van der Waals surface area contributed by atoms with Crippen molar-refractivity contribution in [2.24, 2.45) is 23.5 Å². The van der Waals surface area contributed by atoms with Gasteiger partial charge in [0.25, 0.3) is 0 Å². The van der Waals surface area contributed by atoms with E-state index >= 15 is 0 Å². The van der Waals surface area contributed by atoms with Gasteiger partial charge in [-0.2, -0.15) is 0 Å². The van der Waals surface area contributed by atoms with Crippen LogP contribution in [-0.2, 0) is 4.74 Å². The molecule has 2 heteroatoms. The van der Waals surface area contributed by atoms with Gasteiger partial charge in [0.2, 0.25) is 0 Å². The molecule has 1 saturated carbocycles. The smallest absolute Gasteiger partial charge is 0.0509 e. The molecule has 0 radical (unpaired) electrons. The molecule has 4 unspecified atom stereocenters. The van der Waals surface area contributed by atoms with Crippen LogP contribution in [0.1, 0.15) is 39.0 Å². The number of ether oxygens (including phenoxy) is 1. The Morgan fingerprint density at radius 3 is 2.64 bits per heavy atom. The summed E-state index contributed by atoms with van der Waals surface area (Å²) in [5, 5.41) is 0. The highest BCUT2D eigenvalue weighted by molar-refractivity contribution is 4.86. The Bertz CT molecular complexity index is 172. The first-order valence-electron chi connectivity index (χ1n) is 6.10. The summed E-state index contributed by atoms with van der Waals surface area (Å²) in [5.41, 5.74) is 6.34. The lowest BCUT2D eigenvalue weighted by molar-refractivity contribution is 0.0362. The van der Waals surface area contributed by atoms with E-state index in [1.54, 1.807) is 0 Å². The topological polar surface area (TPSA) is 35.2 Å². The van der Waals surface area contributed by atoms with E-state index in [-0.39, 0.29) is 0 Å². The van der Waals surface area contributed by atoms with Crippen LogP contribution in [0.25, 0.3) is 0 Å². The van der Waals surface area contributed by atoms with Crippen molar-refractivity contribution in [3.05, 3.63) is 0 Å². The van der Waals surface area contributed by atoms with Crippen molar-refractivity contribution in [3.8, 4) is 0 Å². The van der Waals surface area contributed by atoms with Gasteiger partial charge in [-0.1, -0.05) is 13.3 Å². The van der Waals surface area contributed by atoms with Gasteiger partial charge in [-0.05, 0) is 43.4 Å². The molecule has 2 nitrogen and oxygen atoms in total. The van der Waals surface area contributed by atoms with Crippen LogP contribution in [0.3, 0.4) is 0 Å². The van der Waals surface area contributed by atoms with Gasteiger partial charge < -0.3 is 10.5 Å². The van der Waals surface area contributed by atoms with E-state index in [1.165, 1.54) is 32.1 Å². The molecule has 0 aromatic carbocycles. The minimum Gasteiger partial charge on any atom is -0.381 e. The summed E-state index contributed by atoms with van der Waals surface area (Å²) in [7, 11) is 0. The zero-order valence-electron chi connectivity index (χ0n) is 9.24. The highest BCUT2D eigenvalue weighted by Gasteiger charge is 2.32. The maximum absolute atomic E-state index is 6.34. The molecule has 0 bridgehead atoms. The molecule has 1 aliphatic heterocycles. The van der Waals surface area contributed by atoms with Gasteiger partial charge in [-0.3, -0.25) is 0 Å². The van der Waals surface area contributed by atoms with Crippen LogP contribution >= 0.6 is 0 Å². The number of hydrogen-bond donors (Lipinski definition) is 1. The first kappa shape index (κ1) is 10.4. The zero-order chi connectivity index (χ0) is 9.97. The first-order chi connectivity index (χ1) is 6.77. The maximum atomic E-state index is 6.34. The Kier molecular flexibility index (Phi) is 3.45. The zero-order valence-corrected chi connectivity index (χ0v) is 9.24. The van der Waals surface area contributed by atoms with Crippen LogP contribution in [0.15, 0.2) is 0 Å². The average Bonchev–Trinajstić information content (AvgIpc) is 2.65. The molecular weight excluding hydrogens is 174 g/mol. The second-order valence-electron chi connectivity index (χ2n) is 5.23. The van der Waals surface area contributed by atoms with E-state index < -0.39 is 0 Å². The molecule has 14 heavy (non-hydrogen) atoms. The van der Waals surface area contributed by atoms with Crippen LogP contribution in [0.4, 0.5) is 0 Å². The van der Waals surface area contributed by atoms with E-state index in [0.29, 0.717) is 12.0 Å². The molecule has 2 fully saturated rings. The summed E-state index contributed by atoms with van der Waals surface area (Å²) in [6.45, 7) is 4.21. The average molecular weight is 197 g/mol.